The minimum absolute atomic E-state index is 0.152. The van der Waals surface area contributed by atoms with E-state index in [-0.39, 0.29) is 18.1 Å². The van der Waals surface area contributed by atoms with Gasteiger partial charge >= 0.3 is 18.2 Å². The van der Waals surface area contributed by atoms with Crippen molar-refractivity contribution in [1.29, 1.82) is 0 Å². The maximum atomic E-state index is 13.1. The number of halogens is 3. The van der Waals surface area contributed by atoms with Crippen LogP contribution in [0.4, 0.5) is 23.8 Å². The highest BCUT2D eigenvalue weighted by molar-refractivity contribution is 5.88. The summed E-state index contributed by atoms with van der Waals surface area (Å²) in [5.74, 6) is -0.857. The van der Waals surface area contributed by atoms with Crippen LogP contribution in [0.2, 0.25) is 0 Å². The van der Waals surface area contributed by atoms with Crippen molar-refractivity contribution in [3.05, 3.63) is 35.9 Å². The lowest BCUT2D eigenvalue weighted by Crippen LogP contribution is -2.42. The Morgan fingerprint density at radius 1 is 1.30 bits per heavy atom. The summed E-state index contributed by atoms with van der Waals surface area (Å²) in [5.41, 5.74) is -0.459. The molecule has 0 saturated heterocycles. The molecule has 0 fully saturated rings. The van der Waals surface area contributed by atoms with E-state index in [1.807, 2.05) is 0 Å². The van der Waals surface area contributed by atoms with Crippen LogP contribution in [0.15, 0.2) is 30.3 Å². The van der Waals surface area contributed by atoms with E-state index in [4.69, 9.17) is 14.2 Å². The highest BCUT2D eigenvalue weighted by atomic mass is 19.4. The number of hydrogen-bond acceptors (Lipinski definition) is 7. The number of ether oxygens (including phenoxy) is 3. The van der Waals surface area contributed by atoms with Crippen molar-refractivity contribution in [3.63, 3.8) is 0 Å². The molecule has 166 valence electrons. The summed E-state index contributed by atoms with van der Waals surface area (Å²) < 4.78 is 54.8. The Morgan fingerprint density at radius 3 is 2.53 bits per heavy atom. The third-order valence-electron chi connectivity index (χ3n) is 3.81. The van der Waals surface area contributed by atoms with Crippen molar-refractivity contribution in [2.45, 2.75) is 45.7 Å². The zero-order valence-corrected chi connectivity index (χ0v) is 17.3. The van der Waals surface area contributed by atoms with Gasteiger partial charge in [0.15, 0.2) is 11.9 Å². The average Bonchev–Trinajstić information content (AvgIpc) is 2.99. The van der Waals surface area contributed by atoms with E-state index in [0.717, 1.165) is 0 Å². The predicted molar refractivity (Wildman–Crippen MR) is 100 cm³/mol. The van der Waals surface area contributed by atoms with Crippen molar-refractivity contribution in [3.8, 4) is 0 Å². The minimum Gasteiger partial charge on any atom is -0.471 e. The van der Waals surface area contributed by atoms with Crippen molar-refractivity contribution >= 4 is 17.9 Å². The summed E-state index contributed by atoms with van der Waals surface area (Å²) in [6.45, 7) is 4.90. The van der Waals surface area contributed by atoms with Gasteiger partial charge in [-0.25, -0.2) is 14.6 Å². The number of alkyl halides is 3. The number of likely N-dealkylation sites (N-methyl/N-ethyl adjacent to an activating group) is 1. The van der Waals surface area contributed by atoms with Gasteiger partial charge in [-0.3, -0.25) is 4.90 Å². The monoisotopic (exact) mass is 431 g/mol. The molecule has 1 atom stereocenters. The Morgan fingerprint density at radius 2 is 1.97 bits per heavy atom. The van der Waals surface area contributed by atoms with Crippen molar-refractivity contribution in [1.82, 2.24) is 9.88 Å². The fourth-order valence-corrected chi connectivity index (χ4v) is 2.60. The summed E-state index contributed by atoms with van der Waals surface area (Å²) in [5, 5.41) is 0. The predicted octanol–water partition coefficient (Wildman–Crippen LogP) is 3.75. The van der Waals surface area contributed by atoms with Crippen LogP contribution in [0.1, 0.15) is 39.5 Å². The zero-order valence-electron chi connectivity index (χ0n) is 17.3. The smallest absolute Gasteiger partial charge is 0.416 e. The van der Waals surface area contributed by atoms with Crippen molar-refractivity contribution in [2.75, 3.05) is 25.1 Å². The first-order valence-electron chi connectivity index (χ1n) is 9.11. The molecule has 8 nitrogen and oxygen atoms in total. The van der Waals surface area contributed by atoms with E-state index >= 15 is 0 Å². The quantitative estimate of drug-likeness (QED) is 0.657. The molecule has 0 spiro atoms. The lowest BCUT2D eigenvalue weighted by molar-refractivity contribution is -0.140. The average molecular weight is 431 g/mol. The van der Waals surface area contributed by atoms with Gasteiger partial charge < -0.3 is 19.1 Å². The number of nitrogens with zero attached hydrogens (tertiary/aromatic N) is 3. The molecule has 0 saturated carbocycles. The number of esters is 1. The molecule has 0 bridgehead atoms. The van der Waals surface area contributed by atoms with Crippen LogP contribution in [0.5, 0.6) is 0 Å². The molecule has 0 aliphatic carbocycles. The maximum Gasteiger partial charge on any atom is 0.416 e. The molecule has 1 aliphatic heterocycles. The third kappa shape index (κ3) is 6.01. The van der Waals surface area contributed by atoms with Crippen LogP contribution in [0, 0.1) is 0 Å². The Labute approximate surface area is 172 Å². The number of aromatic nitrogens is 1. The van der Waals surface area contributed by atoms with Crippen molar-refractivity contribution < 1.29 is 37.0 Å². The second-order valence-electron chi connectivity index (χ2n) is 7.45. The molecule has 1 aromatic heterocycles. The van der Waals surface area contributed by atoms with E-state index in [0.29, 0.717) is 10.5 Å². The molecule has 1 aromatic rings. The lowest BCUT2D eigenvalue weighted by atomic mass is 10.2. The molecule has 30 heavy (non-hydrogen) atoms. The van der Waals surface area contributed by atoms with Crippen LogP contribution in [0.25, 0.3) is 0 Å². The summed E-state index contributed by atoms with van der Waals surface area (Å²) >= 11 is 0. The highest BCUT2D eigenvalue weighted by Crippen LogP contribution is 2.33. The van der Waals surface area contributed by atoms with E-state index in [1.165, 1.54) is 29.5 Å². The van der Waals surface area contributed by atoms with Gasteiger partial charge in [0.05, 0.1) is 6.61 Å². The van der Waals surface area contributed by atoms with E-state index in [2.05, 4.69) is 4.98 Å². The first-order chi connectivity index (χ1) is 13.8. The number of anilines is 1. The summed E-state index contributed by atoms with van der Waals surface area (Å²) in [6, 6.07) is 2.78. The number of rotatable bonds is 5. The minimum atomic E-state index is -4.67. The number of carbonyl (C=O) groups is 2. The van der Waals surface area contributed by atoms with Crippen LogP contribution in [-0.4, -0.2) is 53.9 Å². The maximum absolute atomic E-state index is 13.1. The Bertz CT molecular complexity index is 820. The number of pyridine rings is 1. The van der Waals surface area contributed by atoms with E-state index in [9.17, 15) is 22.8 Å². The SMILES string of the molecule is CCOC(=O)C1=COC(c2ccnc(N(CC(F)(F)F)C(=O)OC(C)(C)C)c2)N1C. The van der Waals surface area contributed by atoms with Crippen LogP contribution < -0.4 is 4.90 Å². The second kappa shape index (κ2) is 8.80. The molecule has 11 heteroatoms. The van der Waals surface area contributed by atoms with Crippen LogP contribution in [0.3, 0.4) is 0 Å². The number of hydrogen-bond donors (Lipinski definition) is 0. The normalized spacial score (nSPS) is 16.6. The van der Waals surface area contributed by atoms with Gasteiger partial charge in [-0.15, -0.1) is 0 Å². The molecule has 2 heterocycles. The number of amides is 1. The molecule has 0 aromatic carbocycles. The molecule has 0 radical (unpaired) electrons. The van der Waals surface area contributed by atoms with Crippen LogP contribution in [-0.2, 0) is 19.0 Å². The molecule has 1 amide bonds. The van der Waals surface area contributed by atoms with Gasteiger partial charge in [-0.2, -0.15) is 13.2 Å². The summed E-state index contributed by atoms with van der Waals surface area (Å²) in [6.07, 6.45) is -4.20. The fraction of sp³-hybridized carbons (Fsp3) is 0.526. The van der Waals surface area contributed by atoms with Crippen LogP contribution >= 0.6 is 0 Å². The van der Waals surface area contributed by atoms with E-state index in [1.54, 1.807) is 34.7 Å². The van der Waals surface area contributed by atoms with Gasteiger partial charge in [-0.05, 0) is 39.8 Å². The highest BCUT2D eigenvalue weighted by Gasteiger charge is 2.37. The third-order valence-corrected chi connectivity index (χ3v) is 3.81. The second-order valence-corrected chi connectivity index (χ2v) is 7.45. The Hall–Kier alpha value is -2.98. The molecule has 1 aliphatic rings. The number of carbonyl (C=O) groups excluding carboxylic acids is 2. The molecular formula is C19H24F3N3O5. The molecule has 1 unspecified atom stereocenters. The van der Waals surface area contributed by atoms with Gasteiger partial charge in [0.1, 0.15) is 24.2 Å². The Kier molecular flexibility index (Phi) is 6.84. The Balaban J connectivity index is 2.30. The van der Waals surface area contributed by atoms with Gasteiger partial charge in [0.2, 0.25) is 0 Å². The summed E-state index contributed by atoms with van der Waals surface area (Å²) in [4.78, 5) is 30.1. The molecule has 0 N–H and O–H groups in total. The lowest BCUT2D eigenvalue weighted by Gasteiger charge is -2.28. The largest absolute Gasteiger partial charge is 0.471 e. The zero-order chi connectivity index (χ0) is 22.7. The topological polar surface area (TPSA) is 81.2 Å². The summed E-state index contributed by atoms with van der Waals surface area (Å²) in [7, 11) is 1.57. The van der Waals surface area contributed by atoms with Gasteiger partial charge in [0.25, 0.3) is 0 Å². The first kappa shape index (κ1) is 23.3. The molecule has 2 rings (SSSR count). The standard InChI is InChI=1S/C19H24F3N3O5/c1-6-28-16(26)13-10-29-15(24(13)5)12-7-8-23-14(9-12)25(11-19(20,21)22)17(27)30-18(2,3)4/h7-10,15H,6,11H2,1-5H3. The van der Waals surface area contributed by atoms with Gasteiger partial charge in [0, 0.05) is 18.8 Å². The van der Waals surface area contributed by atoms with Gasteiger partial charge in [-0.1, -0.05) is 0 Å². The molecular weight excluding hydrogens is 407 g/mol. The first-order valence-corrected chi connectivity index (χ1v) is 9.11. The van der Waals surface area contributed by atoms with Crippen molar-refractivity contribution in [2.24, 2.45) is 0 Å². The van der Waals surface area contributed by atoms with E-state index < -0.39 is 36.6 Å². The fourth-order valence-electron chi connectivity index (χ4n) is 2.60.